The van der Waals surface area contributed by atoms with Gasteiger partial charge in [0.05, 0.1) is 19.2 Å². The minimum Gasteiger partial charge on any atom is -0.360 e. The number of hydrogen-bond donors (Lipinski definition) is 3. The van der Waals surface area contributed by atoms with Gasteiger partial charge in [-0.05, 0) is 29.7 Å². The zero-order chi connectivity index (χ0) is 32.8. The summed E-state index contributed by atoms with van der Waals surface area (Å²) in [7, 11) is 1.47. The van der Waals surface area contributed by atoms with Crippen molar-refractivity contribution in [2.45, 2.75) is 44.6 Å². The van der Waals surface area contributed by atoms with Crippen LogP contribution in [0.2, 0.25) is 0 Å². The third-order valence-corrected chi connectivity index (χ3v) is 7.98. The second-order valence-corrected chi connectivity index (χ2v) is 11.9. The lowest BCUT2D eigenvalue weighted by atomic mass is 10.0. The van der Waals surface area contributed by atoms with Crippen molar-refractivity contribution in [3.63, 3.8) is 0 Å². The Labute approximate surface area is 266 Å². The van der Waals surface area contributed by atoms with E-state index in [9.17, 15) is 24.0 Å². The molecule has 2 fully saturated rings. The molecule has 5 amide bonds. The van der Waals surface area contributed by atoms with Crippen LogP contribution in [0.1, 0.15) is 29.8 Å². The van der Waals surface area contributed by atoms with Gasteiger partial charge in [-0.25, -0.2) is 0 Å². The molecule has 5 rings (SSSR count). The fourth-order valence-corrected chi connectivity index (χ4v) is 5.53. The highest BCUT2D eigenvalue weighted by molar-refractivity contribution is 5.96. The Morgan fingerprint density at radius 1 is 0.957 bits per heavy atom. The van der Waals surface area contributed by atoms with Crippen molar-refractivity contribution < 1.29 is 28.7 Å². The second kappa shape index (κ2) is 14.3. The van der Waals surface area contributed by atoms with E-state index in [0.717, 1.165) is 5.56 Å². The maximum absolute atomic E-state index is 13.8. The van der Waals surface area contributed by atoms with E-state index < -0.39 is 47.9 Å². The van der Waals surface area contributed by atoms with Gasteiger partial charge in [0.25, 0.3) is 11.8 Å². The highest BCUT2D eigenvalue weighted by atomic mass is 16.5. The van der Waals surface area contributed by atoms with E-state index in [1.165, 1.54) is 29.5 Å². The number of likely N-dealkylation sites (N-methyl/N-ethyl adjacent to an activating group) is 1. The fourth-order valence-electron chi connectivity index (χ4n) is 5.53. The van der Waals surface area contributed by atoms with Crippen LogP contribution in [-0.2, 0) is 30.3 Å². The third kappa shape index (κ3) is 7.75. The predicted octanol–water partition coefficient (Wildman–Crippen LogP) is -0.0666. The normalized spacial score (nSPS) is 23.2. The standard InChI is InChI=1S/C32H38N8O6/c1-20(2)28-30(43)33-14-24-15-39(31(44)22-10-7-11-23(13-22)40-18-34-35-19-40)16-26(46-24)29(42)36-25(12-21-8-5-4-6-9-21)32(45)38(3)17-27(41)37-28/h4-11,13,18-20,24-26,28H,12,14-17H2,1-3H3,(H,33,43)(H,36,42)(H,37,41)/t24-,25+,26+,28-/m0/s1. The molecule has 3 heterocycles. The summed E-state index contributed by atoms with van der Waals surface area (Å²) in [6.45, 7) is 3.28. The molecule has 0 spiro atoms. The third-order valence-electron chi connectivity index (χ3n) is 7.98. The number of nitrogens with one attached hydrogen (secondary N) is 3. The minimum absolute atomic E-state index is 0.0154. The summed E-state index contributed by atoms with van der Waals surface area (Å²) < 4.78 is 7.81. The molecule has 2 bridgehead atoms. The second-order valence-electron chi connectivity index (χ2n) is 11.9. The van der Waals surface area contributed by atoms with E-state index in [4.69, 9.17) is 4.74 Å². The van der Waals surface area contributed by atoms with E-state index in [0.29, 0.717) is 11.3 Å². The van der Waals surface area contributed by atoms with E-state index >= 15 is 0 Å². The summed E-state index contributed by atoms with van der Waals surface area (Å²) >= 11 is 0. The molecule has 4 atom stereocenters. The molecule has 3 aromatic rings. The molecule has 0 aliphatic carbocycles. The molecule has 2 aliphatic rings. The maximum Gasteiger partial charge on any atom is 0.254 e. The van der Waals surface area contributed by atoms with Gasteiger partial charge in [-0.1, -0.05) is 50.2 Å². The van der Waals surface area contributed by atoms with Crippen LogP contribution in [0.15, 0.2) is 67.3 Å². The first-order valence-corrected chi connectivity index (χ1v) is 15.1. The summed E-state index contributed by atoms with van der Waals surface area (Å²) in [6, 6.07) is 14.2. The molecule has 14 nitrogen and oxygen atoms in total. The largest absolute Gasteiger partial charge is 0.360 e. The van der Waals surface area contributed by atoms with Gasteiger partial charge >= 0.3 is 0 Å². The Morgan fingerprint density at radius 2 is 1.70 bits per heavy atom. The number of ether oxygens (including phenoxy) is 1. The number of aromatic nitrogens is 3. The Balaban J connectivity index is 1.45. The van der Waals surface area contributed by atoms with Crippen LogP contribution in [0.25, 0.3) is 5.69 Å². The number of rotatable bonds is 5. The van der Waals surface area contributed by atoms with Crippen LogP contribution >= 0.6 is 0 Å². The lowest BCUT2D eigenvalue weighted by Crippen LogP contribution is -2.59. The molecule has 0 radical (unpaired) electrons. The molecule has 0 unspecified atom stereocenters. The number of carbonyl (C=O) groups is 5. The summed E-state index contributed by atoms with van der Waals surface area (Å²) in [4.78, 5) is 70.2. The van der Waals surface area contributed by atoms with Crippen LogP contribution in [0.3, 0.4) is 0 Å². The van der Waals surface area contributed by atoms with E-state index in [2.05, 4.69) is 26.1 Å². The molecular weight excluding hydrogens is 592 g/mol. The number of carbonyl (C=O) groups excluding carboxylic acids is 5. The average molecular weight is 631 g/mol. The zero-order valence-electron chi connectivity index (χ0n) is 26.0. The van der Waals surface area contributed by atoms with Crippen LogP contribution in [0.5, 0.6) is 0 Å². The van der Waals surface area contributed by atoms with Crippen molar-refractivity contribution in [2.24, 2.45) is 5.92 Å². The van der Waals surface area contributed by atoms with Crippen molar-refractivity contribution in [3.8, 4) is 5.69 Å². The van der Waals surface area contributed by atoms with Gasteiger partial charge in [-0.15, -0.1) is 10.2 Å². The quantitative estimate of drug-likeness (QED) is 0.352. The van der Waals surface area contributed by atoms with Crippen molar-refractivity contribution in [1.29, 1.82) is 0 Å². The molecular formula is C32H38N8O6. The van der Waals surface area contributed by atoms with Crippen molar-refractivity contribution in [1.82, 2.24) is 40.5 Å². The van der Waals surface area contributed by atoms with Crippen molar-refractivity contribution >= 4 is 29.5 Å². The minimum atomic E-state index is -1.14. The van der Waals surface area contributed by atoms with Crippen LogP contribution in [-0.4, -0.2) is 112 Å². The highest BCUT2D eigenvalue weighted by Crippen LogP contribution is 2.18. The lowest BCUT2D eigenvalue weighted by Gasteiger charge is -2.38. The molecule has 2 aromatic carbocycles. The number of fused-ring (bicyclic) bond motifs is 2. The molecule has 1 aromatic heterocycles. The summed E-state index contributed by atoms with van der Waals surface area (Å²) in [5, 5.41) is 16.0. The monoisotopic (exact) mass is 630 g/mol. The summed E-state index contributed by atoms with van der Waals surface area (Å²) in [5.41, 5.74) is 1.86. The van der Waals surface area contributed by atoms with Crippen LogP contribution in [0, 0.1) is 5.92 Å². The number of hydrogen-bond acceptors (Lipinski definition) is 8. The number of nitrogens with zero attached hydrogens (tertiary/aromatic N) is 5. The topological polar surface area (TPSA) is 168 Å². The summed E-state index contributed by atoms with van der Waals surface area (Å²) in [5.74, 6) is -2.62. The Hall–Kier alpha value is -5.11. The Bertz CT molecular complexity index is 1560. The van der Waals surface area contributed by atoms with Crippen molar-refractivity contribution in [3.05, 3.63) is 78.4 Å². The van der Waals surface area contributed by atoms with Gasteiger partial charge in [0.1, 0.15) is 24.7 Å². The van der Waals surface area contributed by atoms with E-state index in [1.807, 2.05) is 36.4 Å². The predicted molar refractivity (Wildman–Crippen MR) is 165 cm³/mol. The zero-order valence-corrected chi connectivity index (χ0v) is 26.0. The van der Waals surface area contributed by atoms with Gasteiger partial charge in [-0.3, -0.25) is 28.5 Å². The fraction of sp³-hybridized carbons (Fsp3) is 0.406. The molecule has 46 heavy (non-hydrogen) atoms. The molecule has 0 saturated carbocycles. The number of morpholine rings is 1. The van der Waals surface area contributed by atoms with E-state index in [1.54, 1.807) is 36.6 Å². The average Bonchev–Trinajstić information content (AvgIpc) is 3.60. The maximum atomic E-state index is 13.8. The van der Waals surface area contributed by atoms with Crippen LogP contribution in [0.4, 0.5) is 0 Å². The van der Waals surface area contributed by atoms with Crippen molar-refractivity contribution in [2.75, 3.05) is 33.2 Å². The van der Waals surface area contributed by atoms with Crippen LogP contribution < -0.4 is 16.0 Å². The number of benzene rings is 2. The van der Waals surface area contributed by atoms with Gasteiger partial charge < -0.3 is 30.5 Å². The Morgan fingerprint density at radius 3 is 2.41 bits per heavy atom. The first kappa shape index (κ1) is 32.3. The SMILES string of the molecule is CC(C)[C@@H]1NC(=O)CN(C)C(=O)[C@@H](Cc2ccccc2)NC(=O)[C@H]2CN(C(=O)c3cccc(-n4cnnc4)c3)C[C@H](CNC1=O)O2. The summed E-state index contributed by atoms with van der Waals surface area (Å²) in [6.07, 6.45) is 1.32. The highest BCUT2D eigenvalue weighted by Gasteiger charge is 2.38. The first-order chi connectivity index (χ1) is 22.1. The van der Waals surface area contributed by atoms with Gasteiger partial charge in [0.2, 0.25) is 17.7 Å². The molecule has 2 aliphatic heterocycles. The van der Waals surface area contributed by atoms with Gasteiger partial charge in [0, 0.05) is 37.8 Å². The molecule has 2 saturated heterocycles. The molecule has 14 heteroatoms. The van der Waals surface area contributed by atoms with Gasteiger partial charge in [-0.2, -0.15) is 0 Å². The molecule has 242 valence electrons. The van der Waals surface area contributed by atoms with Gasteiger partial charge in [0.15, 0.2) is 6.10 Å². The van der Waals surface area contributed by atoms with E-state index in [-0.39, 0.29) is 44.4 Å². The first-order valence-electron chi connectivity index (χ1n) is 15.1. The smallest absolute Gasteiger partial charge is 0.254 e. The number of amides is 5. The molecule has 3 N–H and O–H groups in total. The lowest BCUT2D eigenvalue weighted by molar-refractivity contribution is -0.148. The Kier molecular flexibility index (Phi) is 10.1.